The Hall–Kier alpha value is -1.72. The van der Waals surface area contributed by atoms with Gasteiger partial charge >= 0.3 is 0 Å². The van der Waals surface area contributed by atoms with E-state index in [-0.39, 0.29) is 6.10 Å². The quantitative estimate of drug-likeness (QED) is 0.695. The lowest BCUT2D eigenvalue weighted by molar-refractivity contribution is -0.00287. The summed E-state index contributed by atoms with van der Waals surface area (Å²) in [4.78, 5) is 2.29. The SMILES string of the molecule is Cc1cccc(CN(C[C@H](O)COCc2ccccc2)C[C@@H]2CCCO2)c1. The van der Waals surface area contributed by atoms with E-state index in [9.17, 15) is 5.11 Å². The van der Waals surface area contributed by atoms with Crippen molar-refractivity contribution in [3.05, 3.63) is 71.3 Å². The molecule has 0 amide bonds. The molecule has 3 rings (SSSR count). The number of aliphatic hydroxyl groups is 1. The average molecular weight is 370 g/mol. The molecule has 0 saturated carbocycles. The molecule has 1 aliphatic heterocycles. The molecule has 0 aromatic heterocycles. The molecular formula is C23H31NO3. The Morgan fingerprint density at radius 2 is 1.96 bits per heavy atom. The van der Waals surface area contributed by atoms with E-state index in [1.54, 1.807) is 0 Å². The van der Waals surface area contributed by atoms with Crippen molar-refractivity contribution >= 4 is 0 Å². The summed E-state index contributed by atoms with van der Waals surface area (Å²) in [5.41, 5.74) is 3.65. The van der Waals surface area contributed by atoms with Crippen LogP contribution in [0.1, 0.15) is 29.5 Å². The topological polar surface area (TPSA) is 41.9 Å². The summed E-state index contributed by atoms with van der Waals surface area (Å²) in [6.45, 7) is 6.09. The molecule has 1 N–H and O–H groups in total. The predicted molar refractivity (Wildman–Crippen MR) is 108 cm³/mol. The van der Waals surface area contributed by atoms with Crippen LogP contribution < -0.4 is 0 Å². The maximum absolute atomic E-state index is 10.5. The molecular weight excluding hydrogens is 338 g/mol. The number of benzene rings is 2. The largest absolute Gasteiger partial charge is 0.389 e. The van der Waals surface area contributed by atoms with Crippen molar-refractivity contribution in [3.8, 4) is 0 Å². The summed E-state index contributed by atoms with van der Waals surface area (Å²) >= 11 is 0. The number of aryl methyl sites for hydroxylation is 1. The van der Waals surface area contributed by atoms with E-state index >= 15 is 0 Å². The predicted octanol–water partition coefficient (Wildman–Crippen LogP) is 3.55. The second kappa shape index (κ2) is 10.6. The van der Waals surface area contributed by atoms with Crippen LogP contribution in [-0.4, -0.2) is 48.5 Å². The molecule has 2 atom stereocenters. The van der Waals surface area contributed by atoms with E-state index in [1.807, 2.05) is 30.3 Å². The first-order valence-electron chi connectivity index (χ1n) is 9.88. The molecule has 146 valence electrons. The molecule has 1 saturated heterocycles. The van der Waals surface area contributed by atoms with Crippen molar-refractivity contribution in [3.63, 3.8) is 0 Å². The molecule has 1 aliphatic rings. The number of ether oxygens (including phenoxy) is 2. The molecule has 2 aromatic carbocycles. The molecule has 0 bridgehead atoms. The average Bonchev–Trinajstić information content (AvgIpc) is 3.15. The highest BCUT2D eigenvalue weighted by molar-refractivity contribution is 5.22. The highest BCUT2D eigenvalue weighted by atomic mass is 16.5. The third-order valence-electron chi connectivity index (χ3n) is 4.87. The van der Waals surface area contributed by atoms with Crippen LogP contribution in [0.2, 0.25) is 0 Å². The second-order valence-electron chi connectivity index (χ2n) is 7.47. The Labute approximate surface area is 162 Å². The third-order valence-corrected chi connectivity index (χ3v) is 4.87. The summed E-state index contributed by atoms with van der Waals surface area (Å²) in [6, 6.07) is 18.6. The first-order valence-corrected chi connectivity index (χ1v) is 9.88. The van der Waals surface area contributed by atoms with Gasteiger partial charge in [0.1, 0.15) is 0 Å². The summed E-state index contributed by atoms with van der Waals surface area (Å²) in [7, 11) is 0. The normalized spacial score (nSPS) is 18.1. The lowest BCUT2D eigenvalue weighted by atomic mass is 10.1. The summed E-state index contributed by atoms with van der Waals surface area (Å²) in [5.74, 6) is 0. The van der Waals surface area contributed by atoms with Gasteiger partial charge in [0.15, 0.2) is 0 Å². The van der Waals surface area contributed by atoms with E-state index in [2.05, 4.69) is 36.1 Å². The van der Waals surface area contributed by atoms with Crippen LogP contribution in [0.4, 0.5) is 0 Å². The molecule has 0 spiro atoms. The van der Waals surface area contributed by atoms with Gasteiger partial charge in [-0.25, -0.2) is 0 Å². The maximum Gasteiger partial charge on any atom is 0.0900 e. The summed E-state index contributed by atoms with van der Waals surface area (Å²) < 4.78 is 11.5. The van der Waals surface area contributed by atoms with Gasteiger partial charge in [-0.2, -0.15) is 0 Å². The van der Waals surface area contributed by atoms with Gasteiger partial charge in [-0.15, -0.1) is 0 Å². The fourth-order valence-electron chi connectivity index (χ4n) is 3.59. The molecule has 4 nitrogen and oxygen atoms in total. The minimum absolute atomic E-state index is 0.271. The zero-order valence-corrected chi connectivity index (χ0v) is 16.2. The first-order chi connectivity index (χ1) is 13.2. The van der Waals surface area contributed by atoms with Crippen molar-refractivity contribution in [2.24, 2.45) is 0 Å². The molecule has 1 heterocycles. The Morgan fingerprint density at radius 1 is 1.15 bits per heavy atom. The number of rotatable bonds is 10. The molecule has 0 radical (unpaired) electrons. The van der Waals surface area contributed by atoms with Crippen LogP contribution in [-0.2, 0) is 22.6 Å². The summed E-state index contributed by atoms with van der Waals surface area (Å²) in [5, 5.41) is 10.5. The fraction of sp³-hybridized carbons (Fsp3) is 0.478. The maximum atomic E-state index is 10.5. The Bertz CT molecular complexity index is 670. The minimum Gasteiger partial charge on any atom is -0.389 e. The summed E-state index contributed by atoms with van der Waals surface area (Å²) in [6.07, 6.45) is 1.99. The molecule has 4 heteroatoms. The van der Waals surface area contributed by atoms with E-state index < -0.39 is 6.10 Å². The van der Waals surface area contributed by atoms with Gasteiger partial charge in [0.25, 0.3) is 0 Å². The van der Waals surface area contributed by atoms with Crippen LogP contribution in [0.25, 0.3) is 0 Å². The molecule has 1 fully saturated rings. The highest BCUT2D eigenvalue weighted by Gasteiger charge is 2.21. The lowest BCUT2D eigenvalue weighted by Crippen LogP contribution is -2.39. The number of hydrogen-bond acceptors (Lipinski definition) is 4. The Morgan fingerprint density at radius 3 is 2.70 bits per heavy atom. The van der Waals surface area contributed by atoms with Gasteiger partial charge in [0, 0.05) is 26.2 Å². The van der Waals surface area contributed by atoms with Gasteiger partial charge in [-0.05, 0) is 30.9 Å². The smallest absolute Gasteiger partial charge is 0.0900 e. The van der Waals surface area contributed by atoms with E-state index in [4.69, 9.17) is 9.47 Å². The fourth-order valence-corrected chi connectivity index (χ4v) is 3.59. The molecule has 0 unspecified atom stereocenters. The van der Waals surface area contributed by atoms with Crippen molar-refractivity contribution in [1.29, 1.82) is 0 Å². The number of nitrogens with zero attached hydrogens (tertiary/aromatic N) is 1. The lowest BCUT2D eigenvalue weighted by Gasteiger charge is -2.27. The van der Waals surface area contributed by atoms with Crippen molar-refractivity contribution in [1.82, 2.24) is 4.90 Å². The molecule has 0 aliphatic carbocycles. The number of aliphatic hydroxyl groups excluding tert-OH is 1. The zero-order chi connectivity index (χ0) is 18.9. The van der Waals surface area contributed by atoms with Gasteiger partial charge in [-0.3, -0.25) is 4.90 Å². The standard InChI is InChI=1S/C23H31NO3/c1-19-7-5-10-21(13-19)14-24(16-23-11-6-12-27-23)15-22(25)18-26-17-20-8-3-2-4-9-20/h2-5,7-10,13,22-23,25H,6,11-12,14-18H2,1H3/t22-,23-/m0/s1. The van der Waals surface area contributed by atoms with E-state index in [0.29, 0.717) is 19.8 Å². The van der Waals surface area contributed by atoms with Crippen LogP contribution in [0.5, 0.6) is 0 Å². The van der Waals surface area contributed by atoms with Gasteiger partial charge < -0.3 is 14.6 Å². The third kappa shape index (κ3) is 7.07. The minimum atomic E-state index is -0.514. The highest BCUT2D eigenvalue weighted by Crippen LogP contribution is 2.16. The van der Waals surface area contributed by atoms with Crippen LogP contribution >= 0.6 is 0 Å². The van der Waals surface area contributed by atoms with E-state index in [1.165, 1.54) is 11.1 Å². The first kappa shape index (κ1) is 20.0. The monoisotopic (exact) mass is 369 g/mol. The van der Waals surface area contributed by atoms with Crippen molar-refractivity contribution in [2.75, 3.05) is 26.3 Å². The van der Waals surface area contributed by atoms with Gasteiger partial charge in [0.05, 0.1) is 25.4 Å². The Kier molecular flexibility index (Phi) is 7.84. The second-order valence-corrected chi connectivity index (χ2v) is 7.47. The Balaban J connectivity index is 1.51. The van der Waals surface area contributed by atoms with E-state index in [0.717, 1.165) is 38.1 Å². The van der Waals surface area contributed by atoms with Crippen molar-refractivity contribution in [2.45, 2.75) is 45.1 Å². The van der Waals surface area contributed by atoms with Crippen LogP contribution in [0.15, 0.2) is 54.6 Å². The number of hydrogen-bond donors (Lipinski definition) is 1. The van der Waals surface area contributed by atoms with Gasteiger partial charge in [0.2, 0.25) is 0 Å². The van der Waals surface area contributed by atoms with Crippen molar-refractivity contribution < 1.29 is 14.6 Å². The van der Waals surface area contributed by atoms with Crippen LogP contribution in [0.3, 0.4) is 0 Å². The zero-order valence-electron chi connectivity index (χ0n) is 16.2. The van der Waals surface area contributed by atoms with Crippen LogP contribution in [0, 0.1) is 6.92 Å². The molecule has 27 heavy (non-hydrogen) atoms. The molecule has 2 aromatic rings. The van der Waals surface area contributed by atoms with Gasteiger partial charge in [-0.1, -0.05) is 60.2 Å².